The lowest BCUT2D eigenvalue weighted by molar-refractivity contribution is -0.384. The van der Waals surface area contributed by atoms with Gasteiger partial charge in [-0.2, -0.15) is 0 Å². The van der Waals surface area contributed by atoms with Gasteiger partial charge in [-0.05, 0) is 22.0 Å². The van der Waals surface area contributed by atoms with E-state index in [2.05, 4.69) is 20.9 Å². The Morgan fingerprint density at radius 1 is 1.44 bits per heavy atom. The molecular formula is C10H4BrFN2O4. The Kier molecular flexibility index (Phi) is 2.95. The van der Waals surface area contributed by atoms with Crippen molar-refractivity contribution in [2.45, 2.75) is 0 Å². The van der Waals surface area contributed by atoms with Crippen LogP contribution in [-0.4, -0.2) is 21.0 Å². The predicted molar refractivity (Wildman–Crippen MR) is 63.0 cm³/mol. The molecule has 1 heterocycles. The Balaban J connectivity index is 2.92. The highest BCUT2D eigenvalue weighted by Crippen LogP contribution is 2.27. The van der Waals surface area contributed by atoms with Gasteiger partial charge < -0.3 is 5.11 Å². The van der Waals surface area contributed by atoms with E-state index in [0.29, 0.717) is 6.07 Å². The molecule has 0 atom stereocenters. The van der Waals surface area contributed by atoms with Crippen molar-refractivity contribution in [1.82, 2.24) is 4.98 Å². The average molecular weight is 315 g/mol. The first-order chi connectivity index (χ1) is 8.40. The molecule has 2 aromatic rings. The lowest BCUT2D eigenvalue weighted by atomic mass is 10.1. The molecule has 0 saturated carbocycles. The highest BCUT2D eigenvalue weighted by atomic mass is 79.9. The fourth-order valence-corrected chi connectivity index (χ4v) is 1.93. The van der Waals surface area contributed by atoms with Gasteiger partial charge in [0.1, 0.15) is 10.1 Å². The number of nitro groups is 1. The summed E-state index contributed by atoms with van der Waals surface area (Å²) in [4.78, 5) is 24.6. The molecule has 1 aromatic carbocycles. The molecule has 0 bridgehead atoms. The molecule has 6 nitrogen and oxygen atoms in total. The summed E-state index contributed by atoms with van der Waals surface area (Å²) in [5.41, 5.74) is -1.01. The van der Waals surface area contributed by atoms with Gasteiger partial charge >= 0.3 is 5.97 Å². The van der Waals surface area contributed by atoms with E-state index in [-0.39, 0.29) is 21.1 Å². The maximum absolute atomic E-state index is 13.6. The number of hydrogen-bond donors (Lipinski definition) is 1. The molecule has 0 unspecified atom stereocenters. The fraction of sp³-hybridized carbons (Fsp3) is 0. The minimum Gasteiger partial charge on any atom is -0.478 e. The normalized spacial score (nSPS) is 10.6. The molecule has 0 aliphatic carbocycles. The van der Waals surface area contributed by atoms with Gasteiger partial charge in [-0.25, -0.2) is 14.2 Å². The number of hydrogen-bond acceptors (Lipinski definition) is 4. The van der Waals surface area contributed by atoms with E-state index in [9.17, 15) is 19.3 Å². The van der Waals surface area contributed by atoms with Crippen LogP contribution in [0.2, 0.25) is 0 Å². The number of non-ortho nitro benzene ring substituents is 1. The first-order valence-corrected chi connectivity index (χ1v) is 5.37. The van der Waals surface area contributed by atoms with Gasteiger partial charge in [0.15, 0.2) is 5.82 Å². The first kappa shape index (κ1) is 12.4. The zero-order valence-electron chi connectivity index (χ0n) is 8.55. The van der Waals surface area contributed by atoms with E-state index < -0.39 is 22.4 Å². The van der Waals surface area contributed by atoms with Crippen LogP contribution in [0, 0.1) is 15.9 Å². The smallest absolute Gasteiger partial charge is 0.336 e. The zero-order chi connectivity index (χ0) is 13.4. The summed E-state index contributed by atoms with van der Waals surface area (Å²) < 4.78 is 13.8. The largest absolute Gasteiger partial charge is 0.478 e. The Morgan fingerprint density at radius 2 is 2.11 bits per heavy atom. The number of aromatic nitrogens is 1. The van der Waals surface area contributed by atoms with E-state index in [0.717, 1.165) is 12.1 Å². The lowest BCUT2D eigenvalue weighted by Crippen LogP contribution is -2.01. The van der Waals surface area contributed by atoms with Crippen LogP contribution in [0.1, 0.15) is 10.4 Å². The van der Waals surface area contributed by atoms with Crippen LogP contribution < -0.4 is 0 Å². The maximum atomic E-state index is 13.6. The molecule has 92 valence electrons. The number of fused-ring (bicyclic) bond motifs is 1. The second-order valence-corrected chi connectivity index (χ2v) is 4.19. The Hall–Kier alpha value is -2.09. The number of nitro benzene ring substituents is 1. The SMILES string of the molecule is O=C(O)c1cc(Br)nc2c(F)cc([N+](=O)[O-])cc12. The lowest BCUT2D eigenvalue weighted by Gasteiger charge is -2.04. The molecule has 0 aliphatic rings. The summed E-state index contributed by atoms with van der Waals surface area (Å²) in [6.07, 6.45) is 0. The third kappa shape index (κ3) is 2.02. The summed E-state index contributed by atoms with van der Waals surface area (Å²) >= 11 is 2.96. The number of carboxylic acids is 1. The highest BCUT2D eigenvalue weighted by molar-refractivity contribution is 9.10. The minimum atomic E-state index is -1.32. The van der Waals surface area contributed by atoms with Crippen LogP contribution in [0.4, 0.5) is 10.1 Å². The van der Waals surface area contributed by atoms with Gasteiger partial charge in [0, 0.05) is 11.5 Å². The van der Waals surface area contributed by atoms with Crippen molar-refractivity contribution >= 4 is 38.5 Å². The van der Waals surface area contributed by atoms with Crippen LogP contribution in [0.5, 0.6) is 0 Å². The van der Waals surface area contributed by atoms with Crippen molar-refractivity contribution in [3.63, 3.8) is 0 Å². The number of benzene rings is 1. The zero-order valence-corrected chi connectivity index (χ0v) is 10.1. The molecular weight excluding hydrogens is 311 g/mol. The van der Waals surface area contributed by atoms with Gasteiger partial charge in [-0.3, -0.25) is 10.1 Å². The van der Waals surface area contributed by atoms with Crippen molar-refractivity contribution in [3.8, 4) is 0 Å². The van der Waals surface area contributed by atoms with Gasteiger partial charge in [-0.1, -0.05) is 0 Å². The number of nitrogens with zero attached hydrogens (tertiary/aromatic N) is 2. The molecule has 0 spiro atoms. The molecule has 8 heteroatoms. The van der Waals surface area contributed by atoms with Crippen molar-refractivity contribution in [2.75, 3.05) is 0 Å². The molecule has 1 aromatic heterocycles. The molecule has 1 N–H and O–H groups in total. The Bertz CT molecular complexity index is 689. The molecule has 0 saturated heterocycles. The topological polar surface area (TPSA) is 93.3 Å². The van der Waals surface area contributed by atoms with Crippen molar-refractivity contribution < 1.29 is 19.2 Å². The standard InChI is InChI=1S/C10H4BrFN2O4/c11-8-3-6(10(15)16)5-1-4(14(17)18)2-7(12)9(5)13-8/h1-3H,(H,15,16). The number of pyridine rings is 1. The van der Waals surface area contributed by atoms with Crippen LogP contribution in [-0.2, 0) is 0 Å². The maximum Gasteiger partial charge on any atom is 0.336 e. The summed E-state index contributed by atoms with van der Waals surface area (Å²) in [6.45, 7) is 0. The molecule has 0 aliphatic heterocycles. The molecule has 18 heavy (non-hydrogen) atoms. The van der Waals surface area contributed by atoms with Crippen LogP contribution in [0.15, 0.2) is 22.8 Å². The number of rotatable bonds is 2. The second-order valence-electron chi connectivity index (χ2n) is 3.38. The van der Waals surface area contributed by atoms with Gasteiger partial charge in [-0.15, -0.1) is 0 Å². The van der Waals surface area contributed by atoms with Crippen molar-refractivity contribution in [1.29, 1.82) is 0 Å². The Morgan fingerprint density at radius 3 is 2.67 bits per heavy atom. The quantitative estimate of drug-likeness (QED) is 0.522. The molecule has 0 amide bonds. The monoisotopic (exact) mass is 314 g/mol. The minimum absolute atomic E-state index is 0.114. The van der Waals surface area contributed by atoms with E-state index >= 15 is 0 Å². The van der Waals surface area contributed by atoms with Crippen LogP contribution in [0.3, 0.4) is 0 Å². The van der Waals surface area contributed by atoms with Crippen molar-refractivity contribution in [3.05, 3.63) is 44.3 Å². The van der Waals surface area contributed by atoms with E-state index in [1.807, 2.05) is 0 Å². The summed E-state index contributed by atoms with van der Waals surface area (Å²) in [6, 6.07) is 2.85. The number of halogens is 2. The average Bonchev–Trinajstić information content (AvgIpc) is 2.28. The second kappa shape index (κ2) is 4.30. The van der Waals surface area contributed by atoms with E-state index in [1.54, 1.807) is 0 Å². The van der Waals surface area contributed by atoms with Crippen LogP contribution >= 0.6 is 15.9 Å². The number of carbonyl (C=O) groups is 1. The molecule has 0 radical (unpaired) electrons. The third-order valence-electron chi connectivity index (χ3n) is 2.26. The van der Waals surface area contributed by atoms with Gasteiger partial charge in [0.05, 0.1) is 16.6 Å². The van der Waals surface area contributed by atoms with Crippen molar-refractivity contribution in [2.24, 2.45) is 0 Å². The van der Waals surface area contributed by atoms with Gasteiger partial charge in [0.25, 0.3) is 5.69 Å². The molecule has 0 fully saturated rings. The molecule has 2 rings (SSSR count). The Labute approximate surface area is 107 Å². The fourth-order valence-electron chi connectivity index (χ4n) is 1.52. The summed E-state index contributed by atoms with van der Waals surface area (Å²) in [5, 5.41) is 19.5. The van der Waals surface area contributed by atoms with E-state index in [4.69, 9.17) is 5.11 Å². The van der Waals surface area contributed by atoms with Crippen LogP contribution in [0.25, 0.3) is 10.9 Å². The van der Waals surface area contributed by atoms with Gasteiger partial charge in [0.2, 0.25) is 0 Å². The summed E-state index contributed by atoms with van der Waals surface area (Å²) in [7, 11) is 0. The predicted octanol–water partition coefficient (Wildman–Crippen LogP) is 2.74. The number of carboxylic acid groups (broad SMARTS) is 1. The number of aromatic carboxylic acids is 1. The summed E-state index contributed by atoms with van der Waals surface area (Å²) in [5.74, 6) is -2.26. The van der Waals surface area contributed by atoms with E-state index in [1.165, 1.54) is 0 Å². The third-order valence-corrected chi connectivity index (χ3v) is 2.67. The first-order valence-electron chi connectivity index (χ1n) is 4.57. The highest BCUT2D eigenvalue weighted by Gasteiger charge is 2.18.